The van der Waals surface area contributed by atoms with Gasteiger partial charge in [-0.3, -0.25) is 14.4 Å². The van der Waals surface area contributed by atoms with Crippen molar-refractivity contribution in [2.24, 2.45) is 16.7 Å². The van der Waals surface area contributed by atoms with Crippen LogP contribution in [0.2, 0.25) is 0 Å². The summed E-state index contributed by atoms with van der Waals surface area (Å²) in [6.45, 7) is 14.0. The highest BCUT2D eigenvalue weighted by Crippen LogP contribution is 2.40. The normalized spacial score (nSPS) is 12.2. The molecule has 234 valence electrons. The number of hydrogen-bond donors (Lipinski definition) is 1. The van der Waals surface area contributed by atoms with Crippen LogP contribution < -0.4 is 0 Å². The number of carboxylic acids is 1. The number of ether oxygens (including phenoxy) is 2. The third kappa shape index (κ3) is 17.0. The molecule has 0 spiro atoms. The molecule has 0 aliphatic heterocycles. The second kappa shape index (κ2) is 23.5. The second-order valence-corrected chi connectivity index (χ2v) is 9.64. The zero-order valence-electron chi connectivity index (χ0n) is 21.1. The lowest BCUT2D eigenvalue weighted by Gasteiger charge is -2.34. The summed E-state index contributed by atoms with van der Waals surface area (Å²) in [5.41, 5.74) is -1.45. The predicted molar refractivity (Wildman–Crippen MR) is 168 cm³/mol. The van der Waals surface area contributed by atoms with E-state index in [1.54, 1.807) is 27.7 Å². The lowest BCUT2D eigenvalue weighted by Crippen LogP contribution is -2.40. The highest BCUT2D eigenvalue weighted by Gasteiger charge is 2.44. The van der Waals surface area contributed by atoms with Crippen molar-refractivity contribution in [1.29, 1.82) is 0 Å². The van der Waals surface area contributed by atoms with Gasteiger partial charge in [-0.25, -0.2) is 0 Å². The van der Waals surface area contributed by atoms with E-state index < -0.39 is 34.7 Å². The number of rotatable bonds is 15. The van der Waals surface area contributed by atoms with Gasteiger partial charge in [-0.05, 0) is 58.7 Å². The summed E-state index contributed by atoms with van der Waals surface area (Å²) in [7, 11) is 0. The maximum absolute atomic E-state index is 12.7. The molecule has 1 aromatic rings. The third-order valence-electron chi connectivity index (χ3n) is 6.03. The molecule has 1 N–H and O–H groups in total. The van der Waals surface area contributed by atoms with Gasteiger partial charge >= 0.3 is 17.9 Å². The smallest absolute Gasteiger partial charge is 0.311 e. The van der Waals surface area contributed by atoms with Crippen LogP contribution in [-0.4, -0.2) is 54.2 Å². The van der Waals surface area contributed by atoms with Crippen molar-refractivity contribution in [3.05, 3.63) is 35.9 Å². The van der Waals surface area contributed by atoms with E-state index in [9.17, 15) is 19.5 Å². The average molecular weight is 560 g/mol. The summed E-state index contributed by atoms with van der Waals surface area (Å²) in [6.07, 6.45) is 0.853. The monoisotopic (exact) mass is 559 g/mol. The molecule has 0 amide bonds. The van der Waals surface area contributed by atoms with Crippen LogP contribution in [0.1, 0.15) is 111 Å². The summed E-state index contributed by atoms with van der Waals surface area (Å²) in [6, 6.07) is 9.32. The standard InChI is InChI=1S/C26H41NO6.6CH4/c1-7-27(8-2)15-12-16-32-22(28)20(3)17-26(6,23(29)30)19-25(4,5)24(31)33-18-21-13-10-9-11-14-21;;;;;;/h9-11,13-14,20H,7-8,12,15-19H2,1-6H3,(H,29,30);6*1H4. The minimum absolute atomic E-state index is 0. The van der Waals surface area contributed by atoms with Crippen molar-refractivity contribution in [2.45, 2.75) is 112 Å². The maximum atomic E-state index is 12.7. The summed E-state index contributed by atoms with van der Waals surface area (Å²) in [4.78, 5) is 39.6. The van der Waals surface area contributed by atoms with Crippen LogP contribution in [0.5, 0.6) is 0 Å². The highest BCUT2D eigenvalue weighted by molar-refractivity contribution is 5.80. The molecule has 2 atom stereocenters. The van der Waals surface area contributed by atoms with Crippen molar-refractivity contribution < 1.29 is 29.0 Å². The molecule has 39 heavy (non-hydrogen) atoms. The van der Waals surface area contributed by atoms with Gasteiger partial charge in [0.05, 0.1) is 23.4 Å². The Morgan fingerprint density at radius 3 is 1.87 bits per heavy atom. The van der Waals surface area contributed by atoms with Crippen LogP contribution in [0, 0.1) is 16.7 Å². The first-order chi connectivity index (χ1) is 15.4. The van der Waals surface area contributed by atoms with Gasteiger partial charge in [-0.15, -0.1) is 0 Å². The van der Waals surface area contributed by atoms with Gasteiger partial charge in [0, 0.05) is 6.54 Å². The van der Waals surface area contributed by atoms with Gasteiger partial charge in [0.1, 0.15) is 6.61 Å². The Bertz CT molecular complexity index is 761. The number of esters is 2. The molecule has 0 saturated heterocycles. The van der Waals surface area contributed by atoms with Crippen LogP contribution in [-0.2, 0) is 30.5 Å². The Morgan fingerprint density at radius 2 is 1.41 bits per heavy atom. The molecule has 0 aliphatic rings. The minimum Gasteiger partial charge on any atom is -0.481 e. The first-order valence-electron chi connectivity index (χ1n) is 11.8. The van der Waals surface area contributed by atoms with Crippen molar-refractivity contribution in [3.63, 3.8) is 0 Å². The third-order valence-corrected chi connectivity index (χ3v) is 6.03. The maximum Gasteiger partial charge on any atom is 0.311 e. The first-order valence-corrected chi connectivity index (χ1v) is 11.8. The summed E-state index contributed by atoms with van der Waals surface area (Å²) in [5, 5.41) is 9.94. The number of aliphatic carboxylic acids is 1. The van der Waals surface area contributed by atoms with Crippen LogP contribution in [0.25, 0.3) is 0 Å². The van der Waals surface area contributed by atoms with Gasteiger partial charge in [0.2, 0.25) is 0 Å². The fraction of sp³-hybridized carbons (Fsp3) is 0.719. The highest BCUT2D eigenvalue weighted by atomic mass is 16.5. The molecule has 0 heterocycles. The number of benzene rings is 1. The topological polar surface area (TPSA) is 93.1 Å². The Balaban J connectivity index is -0.000000454. The summed E-state index contributed by atoms with van der Waals surface area (Å²) in [5.74, 6) is -2.53. The van der Waals surface area contributed by atoms with Crippen molar-refractivity contribution in [2.75, 3.05) is 26.2 Å². The molecule has 0 fully saturated rings. The minimum atomic E-state index is -1.28. The Labute approximate surface area is 242 Å². The number of carbonyl (C=O) groups excluding carboxylic acids is 2. The Hall–Kier alpha value is -2.41. The van der Waals surface area contributed by atoms with E-state index in [2.05, 4.69) is 18.7 Å². The molecule has 0 bridgehead atoms. The SMILES string of the molecule is C.C.C.C.C.C.CCN(CC)CCCOC(=O)C(C)CC(C)(CC(C)(C)C(=O)OCc1ccccc1)C(=O)O. The van der Waals surface area contributed by atoms with E-state index in [0.717, 1.165) is 31.6 Å². The molecular weight excluding hydrogens is 494 g/mol. The Kier molecular flexibility index (Phi) is 29.8. The lowest BCUT2D eigenvalue weighted by atomic mass is 9.70. The first kappa shape index (κ1) is 49.5. The lowest BCUT2D eigenvalue weighted by molar-refractivity contribution is -0.162. The zero-order chi connectivity index (χ0) is 25.1. The average Bonchev–Trinajstić information content (AvgIpc) is 2.77. The number of nitrogens with zero attached hydrogens (tertiary/aromatic N) is 1. The van der Waals surface area contributed by atoms with Crippen molar-refractivity contribution in [1.82, 2.24) is 4.90 Å². The largest absolute Gasteiger partial charge is 0.481 e. The number of hydrogen-bond acceptors (Lipinski definition) is 6. The number of carbonyl (C=O) groups is 3. The van der Waals surface area contributed by atoms with Crippen molar-refractivity contribution in [3.8, 4) is 0 Å². The molecule has 7 nitrogen and oxygen atoms in total. The van der Waals surface area contributed by atoms with Gasteiger partial charge in [-0.1, -0.05) is 95.7 Å². The van der Waals surface area contributed by atoms with E-state index in [1.165, 1.54) is 0 Å². The second-order valence-electron chi connectivity index (χ2n) is 9.64. The molecule has 0 radical (unpaired) electrons. The van der Waals surface area contributed by atoms with Crippen molar-refractivity contribution >= 4 is 17.9 Å². The molecule has 1 aromatic carbocycles. The molecule has 0 saturated carbocycles. The van der Waals surface area contributed by atoms with Crippen LogP contribution in [0.3, 0.4) is 0 Å². The number of carboxylic acid groups (broad SMARTS) is 1. The summed E-state index contributed by atoms with van der Waals surface area (Å²) < 4.78 is 10.8. The van der Waals surface area contributed by atoms with Crippen LogP contribution in [0.15, 0.2) is 30.3 Å². The fourth-order valence-corrected chi connectivity index (χ4v) is 4.10. The van der Waals surface area contributed by atoms with Gasteiger partial charge in [0.25, 0.3) is 0 Å². The summed E-state index contributed by atoms with van der Waals surface area (Å²) >= 11 is 0. The van der Waals surface area contributed by atoms with E-state index in [0.29, 0.717) is 6.61 Å². The van der Waals surface area contributed by atoms with Crippen LogP contribution in [0.4, 0.5) is 0 Å². The van der Waals surface area contributed by atoms with Gasteiger partial charge in [0.15, 0.2) is 0 Å². The molecule has 0 aromatic heterocycles. The molecular formula is C32H65NO6. The van der Waals surface area contributed by atoms with E-state index in [4.69, 9.17) is 9.47 Å². The van der Waals surface area contributed by atoms with Crippen LogP contribution >= 0.6 is 0 Å². The molecule has 2 unspecified atom stereocenters. The molecule has 1 rings (SSSR count). The van der Waals surface area contributed by atoms with E-state index >= 15 is 0 Å². The predicted octanol–water partition coefficient (Wildman–Crippen LogP) is 8.35. The molecule has 0 aliphatic carbocycles. The van der Waals surface area contributed by atoms with E-state index in [1.807, 2.05) is 30.3 Å². The van der Waals surface area contributed by atoms with E-state index in [-0.39, 0.29) is 64.0 Å². The fourth-order valence-electron chi connectivity index (χ4n) is 4.10. The zero-order valence-corrected chi connectivity index (χ0v) is 21.1. The molecule has 7 heteroatoms. The quantitative estimate of drug-likeness (QED) is 0.170. The van der Waals surface area contributed by atoms with Gasteiger partial charge in [-0.2, -0.15) is 0 Å². The Morgan fingerprint density at radius 1 is 0.897 bits per heavy atom. The van der Waals surface area contributed by atoms with Gasteiger partial charge < -0.3 is 19.5 Å².